The van der Waals surface area contributed by atoms with Gasteiger partial charge in [0, 0.05) is 73.5 Å². The predicted molar refractivity (Wildman–Crippen MR) is 227 cm³/mol. The van der Waals surface area contributed by atoms with Crippen molar-refractivity contribution in [3.8, 4) is 5.69 Å². The van der Waals surface area contributed by atoms with Crippen molar-refractivity contribution in [3.05, 3.63) is 99.1 Å². The highest BCUT2D eigenvalue weighted by Gasteiger charge is 2.51. The van der Waals surface area contributed by atoms with Crippen LogP contribution in [0, 0.1) is 26.2 Å². The standard InChI is InChI=1S/C44H55N7O8S/c1-9-10-19-38-45-30(3)34(22-39(52)48-26-44(27-48)20-21-47(25-44)42(54)58-43(5,6)7)41(53)50(38)24-32-23-49(35-16-12-11-15-33(32)35)36-17-13-14-18-37(36)60(55,56)51(28-57-8)40-29(2)31(4)59-46-40/h11-18,23H,9-10,19-22,24-28H2,1-8H3. The summed E-state index contributed by atoms with van der Waals surface area (Å²) in [6.07, 6.45) is 4.51. The van der Waals surface area contributed by atoms with Crippen LogP contribution in [0.15, 0.2) is 68.9 Å². The lowest BCUT2D eigenvalue weighted by Gasteiger charge is -2.48. The van der Waals surface area contributed by atoms with Gasteiger partial charge in [0.1, 0.15) is 28.8 Å². The molecule has 2 aliphatic heterocycles. The maximum absolute atomic E-state index is 14.6. The van der Waals surface area contributed by atoms with Gasteiger partial charge in [-0.3, -0.25) is 14.2 Å². The molecule has 5 heterocycles. The Bertz CT molecular complexity index is 2600. The number of benzene rings is 2. The lowest BCUT2D eigenvalue weighted by atomic mass is 9.79. The molecule has 60 heavy (non-hydrogen) atoms. The van der Waals surface area contributed by atoms with Crippen LogP contribution < -0.4 is 9.86 Å². The number of amides is 2. The number of nitrogens with zero attached hydrogens (tertiary/aromatic N) is 7. The highest BCUT2D eigenvalue weighted by Crippen LogP contribution is 2.40. The summed E-state index contributed by atoms with van der Waals surface area (Å²) in [5, 5.41) is 4.89. The van der Waals surface area contributed by atoms with E-state index in [9.17, 15) is 22.8 Å². The number of hydrogen-bond donors (Lipinski definition) is 0. The maximum Gasteiger partial charge on any atom is 0.410 e. The Kier molecular flexibility index (Phi) is 11.7. The molecule has 5 aromatic rings. The highest BCUT2D eigenvalue weighted by molar-refractivity contribution is 7.93. The fraction of sp³-hybridized carbons (Fsp3) is 0.477. The molecule has 0 N–H and O–H groups in total. The van der Waals surface area contributed by atoms with Crippen LogP contribution in [0.2, 0.25) is 0 Å². The van der Waals surface area contributed by atoms with Gasteiger partial charge < -0.3 is 28.4 Å². The van der Waals surface area contributed by atoms with Crippen molar-refractivity contribution in [1.82, 2.24) is 29.1 Å². The lowest BCUT2D eigenvalue weighted by molar-refractivity contribution is -0.141. The van der Waals surface area contributed by atoms with Crippen molar-refractivity contribution in [1.29, 1.82) is 0 Å². The zero-order chi connectivity index (χ0) is 43.1. The zero-order valence-corrected chi connectivity index (χ0v) is 36.6. The molecule has 2 fully saturated rings. The molecule has 0 unspecified atom stereocenters. The molecule has 2 saturated heterocycles. The van der Waals surface area contributed by atoms with Gasteiger partial charge in [-0.15, -0.1) is 0 Å². The number of likely N-dealkylation sites (tertiary alicyclic amines) is 2. The summed E-state index contributed by atoms with van der Waals surface area (Å²) in [5.41, 5.74) is 2.33. The van der Waals surface area contributed by atoms with Gasteiger partial charge >= 0.3 is 6.09 Å². The third-order valence-electron chi connectivity index (χ3n) is 11.6. The van der Waals surface area contributed by atoms with Crippen LogP contribution in [0.4, 0.5) is 10.6 Å². The van der Waals surface area contributed by atoms with Crippen molar-refractivity contribution in [2.24, 2.45) is 5.41 Å². The molecule has 0 radical (unpaired) electrons. The van der Waals surface area contributed by atoms with Gasteiger partial charge in [0.05, 0.1) is 24.2 Å². The number of methoxy groups -OCH3 is 1. The highest BCUT2D eigenvalue weighted by atomic mass is 32.2. The number of rotatable bonds is 13. The smallest absolute Gasteiger partial charge is 0.410 e. The van der Waals surface area contributed by atoms with E-state index in [1.165, 1.54) is 7.11 Å². The summed E-state index contributed by atoms with van der Waals surface area (Å²) in [5.74, 6) is 1.10. The number of carbonyl (C=O) groups is 2. The first-order chi connectivity index (χ1) is 28.5. The Labute approximate surface area is 350 Å². The average Bonchev–Trinajstić information content (AvgIpc) is 3.90. The van der Waals surface area contributed by atoms with E-state index in [1.54, 1.807) is 59.4 Å². The molecular formula is C44H55N7O8S. The molecule has 2 amide bonds. The van der Waals surface area contributed by atoms with Gasteiger partial charge in [-0.05, 0) is 78.1 Å². The van der Waals surface area contributed by atoms with Crippen LogP contribution in [-0.2, 0) is 43.7 Å². The first kappa shape index (κ1) is 42.6. The molecule has 2 aromatic carbocycles. The Morgan fingerprint density at radius 2 is 1.70 bits per heavy atom. The number of unbranched alkanes of at least 4 members (excludes halogenated alkanes) is 1. The van der Waals surface area contributed by atoms with Crippen LogP contribution in [0.5, 0.6) is 0 Å². The van der Waals surface area contributed by atoms with Crippen molar-refractivity contribution < 1.29 is 32.0 Å². The molecule has 0 saturated carbocycles. The summed E-state index contributed by atoms with van der Waals surface area (Å²) in [6.45, 7) is 14.9. The molecule has 0 aliphatic carbocycles. The topological polar surface area (TPSA) is 162 Å². The van der Waals surface area contributed by atoms with E-state index < -0.39 is 15.6 Å². The van der Waals surface area contributed by atoms with Crippen molar-refractivity contribution in [2.45, 2.75) is 97.6 Å². The minimum atomic E-state index is -4.25. The van der Waals surface area contributed by atoms with Crippen LogP contribution in [-0.4, -0.2) is 95.1 Å². The van der Waals surface area contributed by atoms with Crippen molar-refractivity contribution in [3.63, 3.8) is 0 Å². The largest absolute Gasteiger partial charge is 0.444 e. The second kappa shape index (κ2) is 16.5. The Morgan fingerprint density at radius 1 is 1.00 bits per heavy atom. The fourth-order valence-electron chi connectivity index (χ4n) is 8.27. The van der Waals surface area contributed by atoms with Gasteiger partial charge in [-0.1, -0.05) is 48.8 Å². The van der Waals surface area contributed by atoms with E-state index in [4.69, 9.17) is 19.0 Å². The number of aromatic nitrogens is 4. The third-order valence-corrected chi connectivity index (χ3v) is 13.3. The van der Waals surface area contributed by atoms with E-state index in [1.807, 2.05) is 55.8 Å². The summed E-state index contributed by atoms with van der Waals surface area (Å²) >= 11 is 0. The van der Waals surface area contributed by atoms with E-state index in [-0.39, 0.29) is 53.4 Å². The monoisotopic (exact) mass is 841 g/mol. The quantitative estimate of drug-likeness (QED) is 0.123. The summed E-state index contributed by atoms with van der Waals surface area (Å²) in [6, 6.07) is 14.4. The SMILES string of the molecule is CCCCc1nc(C)c(CC(=O)N2CC3(CCN(C(=O)OC(C)(C)C)C3)C2)c(=O)n1Cc1cn(-c2ccccc2S(=O)(=O)N(COC)c2noc(C)c2C)c2ccccc12. The van der Waals surface area contributed by atoms with Crippen molar-refractivity contribution in [2.75, 3.05) is 44.3 Å². The second-order valence-corrected chi connectivity index (χ2v) is 19.0. The lowest BCUT2D eigenvalue weighted by Crippen LogP contribution is -2.60. The molecule has 0 bridgehead atoms. The van der Waals surface area contributed by atoms with Crippen LogP contribution in [0.1, 0.15) is 80.9 Å². The zero-order valence-electron chi connectivity index (χ0n) is 35.8. The minimum Gasteiger partial charge on any atom is -0.444 e. The molecule has 2 aliphatic rings. The Balaban J connectivity index is 1.20. The van der Waals surface area contributed by atoms with E-state index in [2.05, 4.69) is 12.1 Å². The van der Waals surface area contributed by atoms with E-state index in [0.29, 0.717) is 66.7 Å². The number of carbonyl (C=O) groups excluding carboxylic acids is 2. The third kappa shape index (κ3) is 8.18. The second-order valence-electron chi connectivity index (χ2n) is 17.1. The minimum absolute atomic E-state index is 0.0240. The van der Waals surface area contributed by atoms with Gasteiger partial charge in [-0.2, -0.15) is 0 Å². The molecule has 1 spiro atoms. The van der Waals surface area contributed by atoms with Crippen LogP contribution >= 0.6 is 0 Å². The molecule has 7 rings (SSSR count). The number of aryl methyl sites for hydroxylation is 3. The van der Waals surface area contributed by atoms with Crippen LogP contribution in [0.25, 0.3) is 16.6 Å². The normalized spacial score (nSPS) is 15.2. The van der Waals surface area contributed by atoms with Crippen molar-refractivity contribution >= 4 is 38.7 Å². The predicted octanol–water partition coefficient (Wildman–Crippen LogP) is 6.30. The summed E-state index contributed by atoms with van der Waals surface area (Å²) in [7, 11) is -2.84. The maximum atomic E-state index is 14.6. The molecule has 0 atom stereocenters. The molecule has 16 heteroatoms. The van der Waals surface area contributed by atoms with Gasteiger partial charge in [0.25, 0.3) is 15.6 Å². The molecule has 15 nitrogen and oxygen atoms in total. The Hall–Kier alpha value is -5.48. The molecule has 320 valence electrons. The van der Waals surface area contributed by atoms with E-state index >= 15 is 0 Å². The van der Waals surface area contributed by atoms with Gasteiger partial charge in [-0.25, -0.2) is 22.5 Å². The summed E-state index contributed by atoms with van der Waals surface area (Å²) in [4.78, 5) is 49.6. The molecule has 3 aromatic heterocycles. The number of ether oxygens (including phenoxy) is 2. The van der Waals surface area contributed by atoms with Gasteiger partial charge in [0.15, 0.2) is 5.82 Å². The number of fused-ring (bicyclic) bond motifs is 1. The van der Waals surface area contributed by atoms with E-state index in [0.717, 1.165) is 40.0 Å². The molecular weight excluding hydrogens is 787 g/mol. The summed E-state index contributed by atoms with van der Waals surface area (Å²) < 4.78 is 50.0. The fourth-order valence-corrected chi connectivity index (χ4v) is 9.83. The first-order valence-electron chi connectivity index (χ1n) is 20.4. The van der Waals surface area contributed by atoms with Gasteiger partial charge in [0.2, 0.25) is 5.91 Å². The average molecular weight is 842 g/mol. The number of sulfonamides is 1. The Morgan fingerprint density at radius 3 is 2.38 bits per heavy atom. The number of para-hydroxylation sites is 2. The number of anilines is 1. The number of hydrogen-bond acceptors (Lipinski definition) is 10. The first-order valence-corrected chi connectivity index (χ1v) is 21.9. The van der Waals surface area contributed by atoms with Crippen LogP contribution in [0.3, 0.4) is 0 Å².